The average Bonchev–Trinajstić information content (AvgIpc) is 2.66. The Hall–Kier alpha value is -0.0800. The molecule has 2 saturated heterocycles. The summed E-state index contributed by atoms with van der Waals surface area (Å²) in [5.41, 5.74) is 2.17. The van der Waals surface area contributed by atoms with Crippen molar-refractivity contribution in [1.29, 1.82) is 0 Å². The summed E-state index contributed by atoms with van der Waals surface area (Å²) >= 11 is 0. The molecule has 0 radical (unpaired) electrons. The van der Waals surface area contributed by atoms with Crippen molar-refractivity contribution in [2.75, 3.05) is 46.9 Å². The quantitative estimate of drug-likeness (QED) is 0.632. The molecular formula is C23H44N2+2. The largest absolute Gasteiger partial charge is 0.279 e. The number of hydrogen-bond acceptors (Lipinski definition) is 0. The van der Waals surface area contributed by atoms with E-state index in [1.54, 1.807) is 0 Å². The number of likely N-dealkylation sites (tertiary alicyclic amines) is 2. The molecule has 25 heavy (non-hydrogen) atoms. The predicted molar refractivity (Wildman–Crippen MR) is 106 cm³/mol. The standard InChI is InChI=1S/C23H44N2/c1-20(2)18-9-11-22(20,5)15-24(7,13-18)17-25(8)14-19-10-12-23(6,16-25)21(19,3)4/h18-19H,9-17H2,1-8H3/q+2. The van der Waals surface area contributed by atoms with E-state index >= 15 is 0 Å². The summed E-state index contributed by atoms with van der Waals surface area (Å²) in [7, 11) is 5.19. The fraction of sp³-hybridized carbons (Fsp3) is 1.00. The molecule has 144 valence electrons. The van der Waals surface area contributed by atoms with Gasteiger partial charge in [0.1, 0.15) is 0 Å². The zero-order valence-corrected chi connectivity index (χ0v) is 18.4. The van der Waals surface area contributed by atoms with Crippen LogP contribution >= 0.6 is 0 Å². The van der Waals surface area contributed by atoms with Crippen molar-refractivity contribution in [3.63, 3.8) is 0 Å². The molecule has 4 rings (SSSR count). The highest BCUT2D eigenvalue weighted by Gasteiger charge is 2.64. The summed E-state index contributed by atoms with van der Waals surface area (Å²) in [4.78, 5) is 0. The van der Waals surface area contributed by atoms with Gasteiger partial charge in [0.2, 0.25) is 6.67 Å². The Kier molecular flexibility index (Phi) is 3.55. The molecular weight excluding hydrogens is 304 g/mol. The molecule has 0 aromatic carbocycles. The lowest BCUT2D eigenvalue weighted by molar-refractivity contribution is -1.10. The van der Waals surface area contributed by atoms with Crippen LogP contribution in [0.3, 0.4) is 0 Å². The molecule has 2 saturated carbocycles. The maximum atomic E-state index is 2.60. The second-order valence-corrected chi connectivity index (χ2v) is 13.1. The predicted octanol–water partition coefficient (Wildman–Crippen LogP) is 4.75. The fourth-order valence-corrected chi connectivity index (χ4v) is 8.46. The smallest absolute Gasteiger partial charge is 0.207 e. The number of nitrogens with zero attached hydrogens (tertiary/aromatic N) is 2. The van der Waals surface area contributed by atoms with Crippen molar-refractivity contribution in [3.8, 4) is 0 Å². The topological polar surface area (TPSA) is 0 Å². The molecule has 6 atom stereocenters. The summed E-state index contributed by atoms with van der Waals surface area (Å²) in [6.45, 7) is 22.5. The van der Waals surface area contributed by atoms with Crippen LogP contribution in [-0.4, -0.2) is 55.9 Å². The minimum atomic E-state index is 0.540. The summed E-state index contributed by atoms with van der Waals surface area (Å²) in [6.07, 6.45) is 5.84. The fourth-order valence-electron chi connectivity index (χ4n) is 8.46. The number of rotatable bonds is 2. The zero-order chi connectivity index (χ0) is 18.5. The second-order valence-electron chi connectivity index (χ2n) is 13.1. The van der Waals surface area contributed by atoms with Gasteiger partial charge in [-0.05, 0) is 36.5 Å². The van der Waals surface area contributed by atoms with Gasteiger partial charge in [-0.15, -0.1) is 0 Å². The maximum absolute atomic E-state index is 2.60. The van der Waals surface area contributed by atoms with Crippen LogP contribution < -0.4 is 0 Å². The third kappa shape index (κ3) is 2.35. The van der Waals surface area contributed by atoms with Crippen LogP contribution in [0.15, 0.2) is 0 Å². The van der Waals surface area contributed by atoms with Crippen molar-refractivity contribution >= 4 is 0 Å². The van der Waals surface area contributed by atoms with Crippen molar-refractivity contribution in [3.05, 3.63) is 0 Å². The zero-order valence-electron chi connectivity index (χ0n) is 18.4. The monoisotopic (exact) mass is 348 g/mol. The molecule has 2 nitrogen and oxygen atoms in total. The number of quaternary nitrogens is 2. The van der Waals surface area contributed by atoms with Gasteiger partial charge in [0.25, 0.3) is 0 Å². The van der Waals surface area contributed by atoms with Crippen LogP contribution in [0.4, 0.5) is 0 Å². The lowest BCUT2D eigenvalue weighted by Crippen LogP contribution is -2.71. The van der Waals surface area contributed by atoms with Crippen molar-refractivity contribution < 1.29 is 8.97 Å². The third-order valence-electron chi connectivity index (χ3n) is 10.7. The molecule has 0 N–H and O–H groups in total. The van der Waals surface area contributed by atoms with E-state index in [0.717, 1.165) is 11.8 Å². The Balaban J connectivity index is 1.57. The maximum Gasteiger partial charge on any atom is 0.207 e. The van der Waals surface area contributed by atoms with Crippen molar-refractivity contribution in [1.82, 2.24) is 0 Å². The van der Waals surface area contributed by atoms with Crippen molar-refractivity contribution in [2.45, 2.75) is 67.2 Å². The first-order valence-corrected chi connectivity index (χ1v) is 10.9. The molecule has 4 bridgehead atoms. The van der Waals surface area contributed by atoms with E-state index in [0.29, 0.717) is 21.7 Å². The van der Waals surface area contributed by atoms with Gasteiger partial charge in [-0.25, -0.2) is 0 Å². The molecule has 0 amide bonds. The Morgan fingerprint density at radius 2 is 1.04 bits per heavy atom. The Morgan fingerprint density at radius 3 is 1.36 bits per heavy atom. The summed E-state index contributed by atoms with van der Waals surface area (Å²) in [6, 6.07) is 0. The number of fused-ring (bicyclic) bond motifs is 4. The van der Waals surface area contributed by atoms with Crippen LogP contribution in [0, 0.1) is 33.5 Å². The van der Waals surface area contributed by atoms with Gasteiger partial charge in [0, 0.05) is 22.7 Å². The first-order chi connectivity index (χ1) is 11.2. The molecule has 0 spiro atoms. The Bertz CT molecular complexity index is 531. The first-order valence-electron chi connectivity index (χ1n) is 10.9. The normalized spacial score (nSPS) is 56.2. The molecule has 2 aliphatic heterocycles. The van der Waals surface area contributed by atoms with Gasteiger partial charge < -0.3 is 0 Å². The van der Waals surface area contributed by atoms with E-state index in [1.165, 1.54) is 67.5 Å². The highest BCUT2D eigenvalue weighted by atomic mass is 15.5. The number of piperidine rings is 2. The van der Waals surface area contributed by atoms with Crippen LogP contribution in [-0.2, 0) is 0 Å². The highest BCUT2D eigenvalue weighted by molar-refractivity contribution is 5.04. The number of hydrogen-bond donors (Lipinski definition) is 0. The van der Waals surface area contributed by atoms with Gasteiger partial charge in [0.15, 0.2) is 0 Å². The van der Waals surface area contributed by atoms with Gasteiger partial charge >= 0.3 is 0 Å². The minimum absolute atomic E-state index is 0.540. The van der Waals surface area contributed by atoms with Gasteiger partial charge in [-0.3, -0.25) is 8.97 Å². The second kappa shape index (κ2) is 4.85. The SMILES string of the molecule is CC12CCC(C[N+](C)(C[N+]3(C)CC4CCC(C)(C3)C4(C)C)C1)C2(C)C. The highest BCUT2D eigenvalue weighted by Crippen LogP contribution is 2.62. The van der Waals surface area contributed by atoms with Gasteiger partial charge in [0.05, 0.1) is 40.3 Å². The Labute approximate surface area is 157 Å². The van der Waals surface area contributed by atoms with Crippen molar-refractivity contribution in [2.24, 2.45) is 33.5 Å². The summed E-state index contributed by atoms with van der Waals surface area (Å²) < 4.78 is 2.65. The van der Waals surface area contributed by atoms with E-state index in [9.17, 15) is 0 Å². The summed E-state index contributed by atoms with van der Waals surface area (Å²) in [5, 5.41) is 0. The van der Waals surface area contributed by atoms with Gasteiger partial charge in [-0.1, -0.05) is 41.5 Å². The molecule has 0 aromatic heterocycles. The third-order valence-corrected chi connectivity index (χ3v) is 10.7. The van der Waals surface area contributed by atoms with E-state index in [-0.39, 0.29) is 0 Å². The van der Waals surface area contributed by atoms with Crippen LogP contribution in [0.25, 0.3) is 0 Å². The lowest BCUT2D eigenvalue weighted by Gasteiger charge is -2.58. The molecule has 2 heterocycles. The first kappa shape index (κ1) is 18.3. The molecule has 2 heteroatoms. The summed E-state index contributed by atoms with van der Waals surface area (Å²) in [5.74, 6) is 1.85. The lowest BCUT2D eigenvalue weighted by atomic mass is 9.62. The molecule has 0 aromatic rings. The van der Waals surface area contributed by atoms with Gasteiger partial charge in [-0.2, -0.15) is 0 Å². The average molecular weight is 349 g/mol. The molecule has 2 aliphatic carbocycles. The van der Waals surface area contributed by atoms with E-state index in [1.807, 2.05) is 0 Å². The minimum Gasteiger partial charge on any atom is -0.279 e. The van der Waals surface area contributed by atoms with E-state index < -0.39 is 0 Å². The van der Waals surface area contributed by atoms with E-state index in [2.05, 4.69) is 55.6 Å². The van der Waals surface area contributed by atoms with Crippen LogP contribution in [0.2, 0.25) is 0 Å². The molecule has 4 fully saturated rings. The Morgan fingerprint density at radius 1 is 0.680 bits per heavy atom. The molecule has 4 aliphatic rings. The van der Waals surface area contributed by atoms with Crippen LogP contribution in [0.5, 0.6) is 0 Å². The van der Waals surface area contributed by atoms with E-state index in [4.69, 9.17) is 0 Å². The molecule has 6 unspecified atom stereocenters. The van der Waals surface area contributed by atoms with Crippen LogP contribution in [0.1, 0.15) is 67.2 Å².